The van der Waals surface area contributed by atoms with E-state index in [2.05, 4.69) is 20.8 Å². The summed E-state index contributed by atoms with van der Waals surface area (Å²) in [7, 11) is 1.82. The van der Waals surface area contributed by atoms with Gasteiger partial charge in [-0.3, -0.25) is 9.59 Å². The van der Waals surface area contributed by atoms with Gasteiger partial charge in [-0.05, 0) is 24.6 Å². The summed E-state index contributed by atoms with van der Waals surface area (Å²) < 4.78 is 1.78. The van der Waals surface area contributed by atoms with Crippen molar-refractivity contribution in [2.24, 2.45) is 7.05 Å². The molecule has 0 radical (unpaired) electrons. The second-order valence-corrected chi connectivity index (χ2v) is 7.54. The van der Waals surface area contributed by atoms with Crippen molar-refractivity contribution in [3.63, 3.8) is 0 Å². The molecule has 3 aromatic rings. The van der Waals surface area contributed by atoms with Crippen molar-refractivity contribution >= 4 is 29.3 Å². The van der Waals surface area contributed by atoms with E-state index in [1.807, 2.05) is 68.6 Å². The van der Waals surface area contributed by atoms with E-state index in [0.29, 0.717) is 17.4 Å². The number of nitrogens with zero attached hydrogens (tertiary/aromatic N) is 3. The van der Waals surface area contributed by atoms with Crippen LogP contribution in [0.2, 0.25) is 0 Å². The first-order valence-corrected chi connectivity index (χ1v) is 10.2. The SMILES string of the molecule is Cc1ccc(NC(=O)CSc2nnc(CNC(=O)Cc3ccccc3)n2C)cc1. The second-order valence-electron chi connectivity index (χ2n) is 6.60. The maximum atomic E-state index is 12.1. The Morgan fingerprint density at radius 3 is 2.45 bits per heavy atom. The van der Waals surface area contributed by atoms with Crippen LogP contribution in [0.4, 0.5) is 5.69 Å². The van der Waals surface area contributed by atoms with Gasteiger partial charge >= 0.3 is 0 Å². The van der Waals surface area contributed by atoms with Crippen LogP contribution in [0.25, 0.3) is 0 Å². The van der Waals surface area contributed by atoms with Gasteiger partial charge in [-0.15, -0.1) is 10.2 Å². The van der Waals surface area contributed by atoms with Gasteiger partial charge in [-0.2, -0.15) is 0 Å². The number of hydrogen-bond donors (Lipinski definition) is 2. The number of hydrogen-bond acceptors (Lipinski definition) is 5. The number of aromatic nitrogens is 3. The third-order valence-corrected chi connectivity index (χ3v) is 5.26. The molecule has 2 N–H and O–H groups in total. The number of carbonyl (C=O) groups is 2. The van der Waals surface area contributed by atoms with E-state index < -0.39 is 0 Å². The largest absolute Gasteiger partial charge is 0.349 e. The van der Waals surface area contributed by atoms with E-state index in [1.165, 1.54) is 11.8 Å². The van der Waals surface area contributed by atoms with E-state index in [0.717, 1.165) is 16.8 Å². The number of aryl methyl sites for hydroxylation is 1. The van der Waals surface area contributed by atoms with Crippen molar-refractivity contribution in [1.82, 2.24) is 20.1 Å². The highest BCUT2D eigenvalue weighted by Crippen LogP contribution is 2.16. The minimum absolute atomic E-state index is 0.0779. The molecular formula is C21H23N5O2S. The number of amides is 2. The fourth-order valence-electron chi connectivity index (χ4n) is 2.61. The highest BCUT2D eigenvalue weighted by atomic mass is 32.2. The first kappa shape index (κ1) is 20.6. The normalized spacial score (nSPS) is 10.6. The maximum absolute atomic E-state index is 12.1. The van der Waals surface area contributed by atoms with Crippen LogP contribution in [0, 0.1) is 6.92 Å². The molecular weight excluding hydrogens is 386 g/mol. The molecule has 0 saturated carbocycles. The Bertz CT molecular complexity index is 970. The van der Waals surface area contributed by atoms with E-state index in [9.17, 15) is 9.59 Å². The molecule has 2 aromatic carbocycles. The Hall–Kier alpha value is -3.13. The summed E-state index contributed by atoms with van der Waals surface area (Å²) >= 11 is 1.30. The van der Waals surface area contributed by atoms with Crippen molar-refractivity contribution in [3.8, 4) is 0 Å². The molecule has 29 heavy (non-hydrogen) atoms. The van der Waals surface area contributed by atoms with E-state index in [4.69, 9.17) is 0 Å². The second kappa shape index (κ2) is 9.88. The van der Waals surface area contributed by atoms with Gasteiger partial charge in [-0.1, -0.05) is 59.8 Å². The Labute approximate surface area is 173 Å². The Morgan fingerprint density at radius 2 is 1.72 bits per heavy atom. The summed E-state index contributed by atoms with van der Waals surface area (Å²) in [6, 6.07) is 17.2. The van der Waals surface area contributed by atoms with Gasteiger partial charge in [0, 0.05) is 12.7 Å². The molecule has 0 fully saturated rings. The standard InChI is InChI=1S/C21H23N5O2S/c1-15-8-10-17(11-9-15)23-20(28)14-29-21-25-24-18(26(21)2)13-22-19(27)12-16-6-4-3-5-7-16/h3-11H,12-14H2,1-2H3,(H,22,27)(H,23,28). The van der Waals surface area contributed by atoms with Gasteiger partial charge in [0.1, 0.15) is 0 Å². The minimum atomic E-state index is -0.112. The van der Waals surface area contributed by atoms with Crippen LogP contribution in [0.1, 0.15) is 17.0 Å². The van der Waals surface area contributed by atoms with E-state index in [-0.39, 0.29) is 24.1 Å². The van der Waals surface area contributed by atoms with Crippen molar-refractivity contribution in [3.05, 3.63) is 71.5 Å². The first-order chi connectivity index (χ1) is 14.0. The lowest BCUT2D eigenvalue weighted by Crippen LogP contribution is -2.26. The molecule has 0 atom stereocenters. The van der Waals surface area contributed by atoms with Crippen molar-refractivity contribution in [1.29, 1.82) is 0 Å². The van der Waals surface area contributed by atoms with Gasteiger partial charge in [0.15, 0.2) is 11.0 Å². The smallest absolute Gasteiger partial charge is 0.234 e. The predicted molar refractivity (Wildman–Crippen MR) is 114 cm³/mol. The summed E-state index contributed by atoms with van der Waals surface area (Å²) in [4.78, 5) is 24.2. The lowest BCUT2D eigenvalue weighted by Gasteiger charge is -2.07. The fourth-order valence-corrected chi connectivity index (χ4v) is 3.34. The topological polar surface area (TPSA) is 88.9 Å². The number of thioether (sulfide) groups is 1. The number of nitrogens with one attached hydrogen (secondary N) is 2. The molecule has 0 aliphatic heterocycles. The number of carbonyl (C=O) groups excluding carboxylic acids is 2. The molecule has 0 spiro atoms. The van der Waals surface area contributed by atoms with Crippen LogP contribution < -0.4 is 10.6 Å². The highest BCUT2D eigenvalue weighted by molar-refractivity contribution is 7.99. The van der Waals surface area contributed by atoms with Gasteiger partial charge in [0.2, 0.25) is 11.8 Å². The highest BCUT2D eigenvalue weighted by Gasteiger charge is 2.13. The van der Waals surface area contributed by atoms with Gasteiger partial charge in [-0.25, -0.2) is 0 Å². The van der Waals surface area contributed by atoms with Crippen molar-refractivity contribution < 1.29 is 9.59 Å². The summed E-state index contributed by atoms with van der Waals surface area (Å²) in [5.41, 5.74) is 2.86. The predicted octanol–water partition coefficient (Wildman–Crippen LogP) is 2.71. The monoisotopic (exact) mass is 409 g/mol. The molecule has 150 valence electrons. The van der Waals surface area contributed by atoms with Crippen molar-refractivity contribution in [2.75, 3.05) is 11.1 Å². The molecule has 7 nitrogen and oxygen atoms in total. The minimum Gasteiger partial charge on any atom is -0.349 e. The molecule has 0 saturated heterocycles. The quantitative estimate of drug-likeness (QED) is 0.559. The first-order valence-electron chi connectivity index (χ1n) is 9.19. The Balaban J connectivity index is 1.46. The zero-order valence-corrected chi connectivity index (χ0v) is 17.2. The molecule has 0 aliphatic carbocycles. The van der Waals surface area contributed by atoms with Crippen LogP contribution in [0.15, 0.2) is 59.8 Å². The number of rotatable bonds is 8. The van der Waals surface area contributed by atoms with Gasteiger partial charge < -0.3 is 15.2 Å². The molecule has 2 amide bonds. The van der Waals surface area contributed by atoms with Gasteiger partial charge in [0.05, 0.1) is 18.7 Å². The average molecular weight is 410 g/mol. The summed E-state index contributed by atoms with van der Waals surface area (Å²) in [5, 5.41) is 14.6. The third-order valence-electron chi connectivity index (χ3n) is 4.24. The molecule has 3 rings (SSSR count). The summed E-state index contributed by atoms with van der Waals surface area (Å²) in [6.45, 7) is 2.28. The maximum Gasteiger partial charge on any atom is 0.234 e. The number of anilines is 1. The van der Waals surface area contributed by atoms with Crippen LogP contribution in [-0.2, 0) is 29.6 Å². The van der Waals surface area contributed by atoms with Crippen LogP contribution in [0.5, 0.6) is 0 Å². The van der Waals surface area contributed by atoms with Crippen molar-refractivity contribution in [2.45, 2.75) is 25.0 Å². The summed E-state index contributed by atoms with van der Waals surface area (Å²) in [6.07, 6.45) is 0.319. The average Bonchev–Trinajstić information content (AvgIpc) is 3.07. The lowest BCUT2D eigenvalue weighted by molar-refractivity contribution is -0.120. The lowest BCUT2D eigenvalue weighted by atomic mass is 10.1. The molecule has 0 aliphatic rings. The molecule has 0 bridgehead atoms. The fraction of sp³-hybridized carbons (Fsp3) is 0.238. The Morgan fingerprint density at radius 1 is 1.00 bits per heavy atom. The number of benzene rings is 2. The molecule has 8 heteroatoms. The Kier molecular flexibility index (Phi) is 7.02. The molecule has 0 unspecified atom stereocenters. The van der Waals surface area contributed by atoms with Crippen LogP contribution in [0.3, 0.4) is 0 Å². The van der Waals surface area contributed by atoms with E-state index in [1.54, 1.807) is 4.57 Å². The third kappa shape index (κ3) is 6.18. The zero-order valence-electron chi connectivity index (χ0n) is 16.4. The summed E-state index contributed by atoms with van der Waals surface area (Å²) in [5.74, 6) is 0.665. The van der Waals surface area contributed by atoms with E-state index >= 15 is 0 Å². The molecule has 1 aromatic heterocycles. The van der Waals surface area contributed by atoms with Gasteiger partial charge in [0.25, 0.3) is 0 Å². The van der Waals surface area contributed by atoms with Crippen LogP contribution in [-0.4, -0.2) is 32.3 Å². The van der Waals surface area contributed by atoms with Crippen LogP contribution >= 0.6 is 11.8 Å². The molecule has 1 heterocycles. The zero-order chi connectivity index (χ0) is 20.6.